The molecule has 3 heterocycles. The number of rotatable bonds is 5. The lowest BCUT2D eigenvalue weighted by Gasteiger charge is -2.32. The first kappa shape index (κ1) is 14.7. The van der Waals surface area contributed by atoms with Crippen LogP contribution in [0, 0.1) is 0 Å². The summed E-state index contributed by atoms with van der Waals surface area (Å²) in [6, 6.07) is 4.21. The lowest BCUT2D eigenvalue weighted by Crippen LogP contribution is -2.42. The normalized spacial score (nSPS) is 16.7. The number of aromatic nitrogens is 2. The van der Waals surface area contributed by atoms with E-state index in [0.717, 1.165) is 19.6 Å². The van der Waals surface area contributed by atoms with E-state index in [0.29, 0.717) is 34.8 Å². The molecule has 7 heteroatoms. The molecule has 1 fully saturated rings. The minimum absolute atomic E-state index is 0.428. The topological polar surface area (TPSA) is 67.3 Å². The third-order valence-electron chi connectivity index (χ3n) is 3.82. The fraction of sp³-hybridized carbons (Fsp3) is 0.571. The van der Waals surface area contributed by atoms with Crippen LogP contribution in [0.4, 0.5) is 0 Å². The number of furan rings is 1. The van der Waals surface area contributed by atoms with Crippen LogP contribution < -0.4 is 5.32 Å². The highest BCUT2D eigenvalue weighted by Gasteiger charge is 2.22. The first-order valence-electron chi connectivity index (χ1n) is 7.29. The van der Waals surface area contributed by atoms with Crippen molar-refractivity contribution in [1.82, 2.24) is 20.4 Å². The standard InChI is InChI=1S/C14H19BrN4O2/c1-2-19(10-5-7-16-8-6-10)9-13-17-18-14(21-13)11-3-4-12(15)20-11/h3-4,10,16H,2,5-9H2,1H3. The van der Waals surface area contributed by atoms with Crippen LogP contribution in [-0.4, -0.2) is 40.8 Å². The fourth-order valence-electron chi connectivity index (χ4n) is 2.69. The molecule has 114 valence electrons. The molecular formula is C14H19BrN4O2. The second-order valence-electron chi connectivity index (χ2n) is 5.15. The molecule has 1 aliphatic rings. The smallest absolute Gasteiger partial charge is 0.283 e. The van der Waals surface area contributed by atoms with E-state index in [4.69, 9.17) is 8.83 Å². The van der Waals surface area contributed by atoms with Gasteiger partial charge in [-0.1, -0.05) is 6.92 Å². The van der Waals surface area contributed by atoms with Gasteiger partial charge in [-0.15, -0.1) is 10.2 Å². The van der Waals surface area contributed by atoms with E-state index >= 15 is 0 Å². The molecule has 0 atom stereocenters. The summed E-state index contributed by atoms with van der Waals surface area (Å²) in [5.74, 6) is 1.65. The molecule has 0 radical (unpaired) electrons. The van der Waals surface area contributed by atoms with Gasteiger partial charge in [0.05, 0.1) is 6.54 Å². The number of nitrogens with zero attached hydrogens (tertiary/aromatic N) is 3. The molecule has 2 aromatic rings. The SMILES string of the molecule is CCN(Cc1nnc(-c2ccc(Br)o2)o1)C1CCNCC1. The average molecular weight is 355 g/mol. The summed E-state index contributed by atoms with van der Waals surface area (Å²) in [7, 11) is 0. The summed E-state index contributed by atoms with van der Waals surface area (Å²) < 4.78 is 11.8. The van der Waals surface area contributed by atoms with E-state index in [1.54, 1.807) is 0 Å². The van der Waals surface area contributed by atoms with Gasteiger partial charge in [0.1, 0.15) is 0 Å². The Kier molecular flexibility index (Phi) is 4.72. The van der Waals surface area contributed by atoms with Crippen LogP contribution in [0.5, 0.6) is 0 Å². The van der Waals surface area contributed by atoms with Crippen LogP contribution in [-0.2, 0) is 6.54 Å². The van der Waals surface area contributed by atoms with Gasteiger partial charge in [-0.3, -0.25) is 4.90 Å². The maximum absolute atomic E-state index is 5.71. The third kappa shape index (κ3) is 3.53. The molecule has 0 unspecified atom stereocenters. The largest absolute Gasteiger partial charge is 0.444 e. The molecule has 0 aliphatic carbocycles. The van der Waals surface area contributed by atoms with E-state index < -0.39 is 0 Å². The van der Waals surface area contributed by atoms with Crippen LogP contribution in [0.1, 0.15) is 25.7 Å². The van der Waals surface area contributed by atoms with Crippen molar-refractivity contribution in [2.45, 2.75) is 32.4 Å². The highest BCUT2D eigenvalue weighted by molar-refractivity contribution is 9.10. The van der Waals surface area contributed by atoms with Crippen molar-refractivity contribution in [3.05, 3.63) is 22.7 Å². The van der Waals surface area contributed by atoms with Crippen LogP contribution >= 0.6 is 15.9 Å². The van der Waals surface area contributed by atoms with Crippen LogP contribution in [0.25, 0.3) is 11.7 Å². The first-order chi connectivity index (χ1) is 10.3. The lowest BCUT2D eigenvalue weighted by atomic mass is 10.0. The van der Waals surface area contributed by atoms with Crippen molar-refractivity contribution in [2.75, 3.05) is 19.6 Å². The summed E-state index contributed by atoms with van der Waals surface area (Å²) in [5.41, 5.74) is 0. The fourth-order valence-corrected chi connectivity index (χ4v) is 3.00. The van der Waals surface area contributed by atoms with Crippen molar-refractivity contribution >= 4 is 15.9 Å². The maximum atomic E-state index is 5.71. The lowest BCUT2D eigenvalue weighted by molar-refractivity contribution is 0.149. The monoisotopic (exact) mass is 354 g/mol. The number of halogens is 1. The van der Waals surface area contributed by atoms with Gasteiger partial charge in [-0.2, -0.15) is 0 Å². The Hall–Kier alpha value is -1.18. The molecule has 0 bridgehead atoms. The summed E-state index contributed by atoms with van der Waals surface area (Å²) in [5, 5.41) is 11.6. The Morgan fingerprint density at radius 3 is 2.76 bits per heavy atom. The first-order valence-corrected chi connectivity index (χ1v) is 8.08. The Labute approximate surface area is 132 Å². The van der Waals surface area contributed by atoms with Gasteiger partial charge in [0.25, 0.3) is 5.89 Å². The third-order valence-corrected chi connectivity index (χ3v) is 4.25. The molecule has 2 aromatic heterocycles. The summed E-state index contributed by atoms with van der Waals surface area (Å²) >= 11 is 3.27. The van der Waals surface area contributed by atoms with E-state index in [2.05, 4.69) is 43.3 Å². The molecule has 0 spiro atoms. The minimum atomic E-state index is 0.428. The zero-order valence-electron chi connectivity index (χ0n) is 12.0. The zero-order valence-corrected chi connectivity index (χ0v) is 13.6. The van der Waals surface area contributed by atoms with Gasteiger partial charge in [-0.25, -0.2) is 0 Å². The van der Waals surface area contributed by atoms with E-state index in [1.807, 2.05) is 12.1 Å². The summed E-state index contributed by atoms with van der Waals surface area (Å²) in [4.78, 5) is 2.40. The van der Waals surface area contributed by atoms with Gasteiger partial charge < -0.3 is 14.2 Å². The Morgan fingerprint density at radius 1 is 1.29 bits per heavy atom. The van der Waals surface area contributed by atoms with Crippen molar-refractivity contribution in [3.63, 3.8) is 0 Å². The maximum Gasteiger partial charge on any atom is 0.283 e. The highest BCUT2D eigenvalue weighted by Crippen LogP contribution is 2.24. The molecule has 6 nitrogen and oxygen atoms in total. The van der Waals surface area contributed by atoms with Crippen molar-refractivity contribution < 1.29 is 8.83 Å². The predicted molar refractivity (Wildman–Crippen MR) is 81.7 cm³/mol. The number of piperidine rings is 1. The van der Waals surface area contributed by atoms with Crippen LogP contribution in [0.2, 0.25) is 0 Å². The molecule has 1 aliphatic heterocycles. The second kappa shape index (κ2) is 6.72. The number of nitrogens with one attached hydrogen (secondary N) is 1. The van der Waals surface area contributed by atoms with Crippen molar-refractivity contribution in [3.8, 4) is 11.7 Å². The van der Waals surface area contributed by atoms with Gasteiger partial charge in [-0.05, 0) is 60.5 Å². The number of hydrogen-bond donors (Lipinski definition) is 1. The molecule has 1 saturated heterocycles. The Balaban J connectivity index is 1.67. The van der Waals surface area contributed by atoms with Gasteiger partial charge >= 0.3 is 0 Å². The molecule has 1 N–H and O–H groups in total. The minimum Gasteiger partial charge on any atom is -0.444 e. The van der Waals surface area contributed by atoms with E-state index in [1.165, 1.54) is 12.8 Å². The zero-order chi connectivity index (χ0) is 14.7. The highest BCUT2D eigenvalue weighted by atomic mass is 79.9. The van der Waals surface area contributed by atoms with Crippen molar-refractivity contribution in [1.29, 1.82) is 0 Å². The molecule has 0 amide bonds. The molecule has 0 aromatic carbocycles. The van der Waals surface area contributed by atoms with Gasteiger partial charge in [0.15, 0.2) is 10.4 Å². The van der Waals surface area contributed by atoms with Crippen LogP contribution in [0.3, 0.4) is 0 Å². The van der Waals surface area contributed by atoms with Crippen molar-refractivity contribution in [2.24, 2.45) is 0 Å². The molecule has 21 heavy (non-hydrogen) atoms. The average Bonchev–Trinajstić information content (AvgIpc) is 3.14. The van der Waals surface area contributed by atoms with Crippen LogP contribution in [0.15, 0.2) is 25.6 Å². The second-order valence-corrected chi connectivity index (χ2v) is 5.93. The quantitative estimate of drug-likeness (QED) is 0.890. The Morgan fingerprint density at radius 2 is 2.10 bits per heavy atom. The molecule has 3 rings (SSSR count). The molecular weight excluding hydrogens is 336 g/mol. The molecule has 0 saturated carbocycles. The van der Waals surface area contributed by atoms with Gasteiger partial charge in [0, 0.05) is 6.04 Å². The summed E-state index contributed by atoms with van der Waals surface area (Å²) in [6.45, 7) is 6.00. The predicted octanol–water partition coefficient (Wildman–Crippen LogP) is 2.67. The van der Waals surface area contributed by atoms with Gasteiger partial charge in [0.2, 0.25) is 5.89 Å². The Bertz CT molecular complexity index is 577. The van der Waals surface area contributed by atoms with E-state index in [9.17, 15) is 0 Å². The number of hydrogen-bond acceptors (Lipinski definition) is 6. The summed E-state index contributed by atoms with van der Waals surface area (Å²) in [6.07, 6.45) is 2.33. The van der Waals surface area contributed by atoms with E-state index in [-0.39, 0.29) is 0 Å².